The van der Waals surface area contributed by atoms with Crippen molar-refractivity contribution in [3.05, 3.63) is 88.6 Å². The Balaban J connectivity index is 1.23. The highest BCUT2D eigenvalue weighted by atomic mass is 19.1. The van der Waals surface area contributed by atoms with E-state index in [0.717, 1.165) is 34.4 Å². The number of aliphatic hydroxyl groups is 1. The summed E-state index contributed by atoms with van der Waals surface area (Å²) < 4.78 is 14.6. The van der Waals surface area contributed by atoms with Crippen molar-refractivity contribution in [3.8, 4) is 5.82 Å². The molecule has 0 bridgehead atoms. The molecule has 0 aromatic carbocycles. The number of hydrogen-bond acceptors (Lipinski definition) is 6. The normalized spacial score (nSPS) is 20.2. The van der Waals surface area contributed by atoms with Gasteiger partial charge in [0.25, 0.3) is 0 Å². The fourth-order valence-electron chi connectivity index (χ4n) is 4.93. The highest BCUT2D eigenvalue weighted by Crippen LogP contribution is 2.42. The Hall–Kier alpha value is -3.92. The van der Waals surface area contributed by atoms with Crippen molar-refractivity contribution >= 4 is 5.91 Å². The van der Waals surface area contributed by atoms with E-state index in [-0.39, 0.29) is 17.9 Å². The summed E-state index contributed by atoms with van der Waals surface area (Å²) in [5.74, 6) is -0.389. The third kappa shape index (κ3) is 5.43. The molecule has 1 aliphatic carbocycles. The molecule has 1 amide bonds. The molecule has 9 nitrogen and oxygen atoms in total. The second-order valence-corrected chi connectivity index (χ2v) is 9.99. The summed E-state index contributed by atoms with van der Waals surface area (Å²) in [7, 11) is 0. The van der Waals surface area contributed by atoms with Gasteiger partial charge in [0.2, 0.25) is 5.91 Å². The molecule has 1 fully saturated rings. The quantitative estimate of drug-likeness (QED) is 0.354. The van der Waals surface area contributed by atoms with E-state index in [1.54, 1.807) is 12.3 Å². The van der Waals surface area contributed by atoms with E-state index >= 15 is 0 Å². The lowest BCUT2D eigenvalue weighted by Gasteiger charge is -2.24. The third-order valence-corrected chi connectivity index (χ3v) is 6.90. The molecule has 5 rings (SSSR count). The number of aromatic nitrogens is 6. The van der Waals surface area contributed by atoms with Crippen molar-refractivity contribution in [1.82, 2.24) is 35.3 Å². The number of nitrogens with one attached hydrogen (secondary N) is 2. The number of H-pyrrole nitrogens is 1. The lowest BCUT2D eigenvalue weighted by atomic mass is 9.93. The minimum atomic E-state index is -1.16. The van der Waals surface area contributed by atoms with E-state index in [4.69, 9.17) is 4.98 Å². The first-order chi connectivity index (χ1) is 17.7. The average molecular weight is 504 g/mol. The number of carbonyl (C=O) groups is 1. The zero-order chi connectivity index (χ0) is 26.2. The van der Waals surface area contributed by atoms with Gasteiger partial charge in [0.1, 0.15) is 5.60 Å². The Bertz CT molecular complexity index is 1410. The molecule has 0 spiro atoms. The fourth-order valence-corrected chi connectivity index (χ4v) is 4.93. The van der Waals surface area contributed by atoms with E-state index < -0.39 is 11.4 Å². The fraction of sp³-hybridized carbons (Fsp3) is 0.370. The molecule has 3 atom stereocenters. The Kier molecular flexibility index (Phi) is 6.59. The molecule has 0 aliphatic heterocycles. The second-order valence-electron chi connectivity index (χ2n) is 9.99. The van der Waals surface area contributed by atoms with Crippen LogP contribution in [0.3, 0.4) is 0 Å². The van der Waals surface area contributed by atoms with E-state index in [1.807, 2.05) is 45.0 Å². The molecule has 1 aliphatic rings. The monoisotopic (exact) mass is 503 g/mol. The predicted octanol–water partition coefficient (Wildman–Crippen LogP) is 3.60. The Labute approximate surface area is 214 Å². The summed E-state index contributed by atoms with van der Waals surface area (Å²) in [6.45, 7) is 5.82. The summed E-state index contributed by atoms with van der Waals surface area (Å²) in [4.78, 5) is 22.2. The van der Waals surface area contributed by atoms with E-state index in [1.165, 1.54) is 10.9 Å². The maximum Gasteiger partial charge on any atom is 0.223 e. The topological polar surface area (TPSA) is 122 Å². The highest BCUT2D eigenvalue weighted by Gasteiger charge is 2.43. The van der Waals surface area contributed by atoms with Crippen LogP contribution in [0.4, 0.5) is 4.39 Å². The minimum Gasteiger partial charge on any atom is -0.384 e. The molecular formula is C27H30FN7O2. The van der Waals surface area contributed by atoms with Crippen LogP contribution in [-0.4, -0.2) is 41.0 Å². The van der Waals surface area contributed by atoms with E-state index in [9.17, 15) is 14.3 Å². The number of rotatable bonds is 7. The van der Waals surface area contributed by atoms with Gasteiger partial charge in [-0.3, -0.25) is 14.9 Å². The van der Waals surface area contributed by atoms with Crippen molar-refractivity contribution in [2.45, 2.75) is 58.1 Å². The molecule has 3 N–H and O–H groups in total. The minimum absolute atomic E-state index is 0.110. The number of nitrogens with zero attached hydrogens (tertiary/aromatic N) is 5. The summed E-state index contributed by atoms with van der Waals surface area (Å²) in [5.41, 5.74) is 3.99. The molecule has 4 heterocycles. The van der Waals surface area contributed by atoms with Crippen LogP contribution in [0, 0.1) is 25.6 Å². The van der Waals surface area contributed by atoms with Crippen molar-refractivity contribution in [2.24, 2.45) is 5.92 Å². The van der Waals surface area contributed by atoms with Gasteiger partial charge in [0.15, 0.2) is 11.6 Å². The summed E-state index contributed by atoms with van der Waals surface area (Å²) in [5, 5.41) is 25.7. The van der Waals surface area contributed by atoms with Gasteiger partial charge in [0.05, 0.1) is 29.8 Å². The Morgan fingerprint density at radius 3 is 2.78 bits per heavy atom. The zero-order valence-electron chi connectivity index (χ0n) is 21.1. The van der Waals surface area contributed by atoms with Crippen LogP contribution < -0.4 is 5.32 Å². The van der Waals surface area contributed by atoms with Gasteiger partial charge in [-0.2, -0.15) is 10.2 Å². The maximum absolute atomic E-state index is 13.2. The molecule has 4 aromatic heterocycles. The summed E-state index contributed by atoms with van der Waals surface area (Å²) in [6.07, 6.45) is 5.93. The molecular weight excluding hydrogens is 473 g/mol. The van der Waals surface area contributed by atoms with Crippen LogP contribution in [-0.2, 0) is 16.8 Å². The Morgan fingerprint density at radius 1 is 1.27 bits per heavy atom. The number of pyridine rings is 2. The van der Waals surface area contributed by atoms with Crippen LogP contribution >= 0.6 is 0 Å². The first-order valence-electron chi connectivity index (χ1n) is 12.4. The van der Waals surface area contributed by atoms with Crippen molar-refractivity contribution in [2.75, 3.05) is 0 Å². The molecule has 1 saturated carbocycles. The standard InChI is InChI=1S/C27H30FN7O2/c1-16-8-22(11-23-10-17(2)33-34-23)32-24(9-16)27(37)7-6-19(12-27)26(36)31-18(3)20-4-5-25(29-13-20)35-15-21(28)14-30-35/h4-5,8-10,13-15,18-19,37H,6-7,11-12H2,1-3H3,(H,31,36)(H,33,34)/t18-,19?,27?/m0/s1. The number of aromatic amines is 1. The lowest BCUT2D eigenvalue weighted by molar-refractivity contribution is -0.126. The van der Waals surface area contributed by atoms with Crippen molar-refractivity contribution in [1.29, 1.82) is 0 Å². The number of carbonyl (C=O) groups excluding carboxylic acids is 1. The van der Waals surface area contributed by atoms with Crippen LogP contribution in [0.1, 0.15) is 66.1 Å². The highest BCUT2D eigenvalue weighted by molar-refractivity contribution is 5.79. The number of amides is 1. The molecule has 0 radical (unpaired) electrons. The zero-order valence-corrected chi connectivity index (χ0v) is 21.1. The van der Waals surface area contributed by atoms with Crippen molar-refractivity contribution in [3.63, 3.8) is 0 Å². The number of aryl methyl sites for hydroxylation is 2. The summed E-state index contributed by atoms with van der Waals surface area (Å²) >= 11 is 0. The average Bonchev–Trinajstić information content (AvgIpc) is 3.59. The molecule has 10 heteroatoms. The Morgan fingerprint density at radius 2 is 2.11 bits per heavy atom. The molecule has 2 unspecified atom stereocenters. The number of halogens is 1. The van der Waals surface area contributed by atoms with Gasteiger partial charge in [-0.15, -0.1) is 0 Å². The van der Waals surface area contributed by atoms with E-state index in [2.05, 4.69) is 25.6 Å². The van der Waals surface area contributed by atoms with Gasteiger partial charge in [-0.05, 0) is 75.4 Å². The molecule has 37 heavy (non-hydrogen) atoms. The van der Waals surface area contributed by atoms with Gasteiger partial charge < -0.3 is 10.4 Å². The predicted molar refractivity (Wildman–Crippen MR) is 134 cm³/mol. The largest absolute Gasteiger partial charge is 0.384 e. The van der Waals surface area contributed by atoms with Crippen LogP contribution in [0.15, 0.2) is 48.9 Å². The van der Waals surface area contributed by atoms with Gasteiger partial charge in [-0.25, -0.2) is 14.1 Å². The first-order valence-corrected chi connectivity index (χ1v) is 12.4. The molecule has 192 valence electrons. The maximum atomic E-state index is 13.2. The molecule has 4 aromatic rings. The SMILES string of the molecule is Cc1cc(Cc2cc(C)[nH]n2)nc(C2(O)CCC(C(=O)N[C@@H](C)c3ccc(-n4cc(F)cn4)nc3)C2)c1. The van der Waals surface area contributed by atoms with Gasteiger partial charge >= 0.3 is 0 Å². The van der Waals surface area contributed by atoms with Crippen LogP contribution in [0.5, 0.6) is 0 Å². The van der Waals surface area contributed by atoms with Gasteiger partial charge in [-0.1, -0.05) is 6.07 Å². The first kappa shape index (κ1) is 24.8. The molecule has 0 saturated heterocycles. The van der Waals surface area contributed by atoms with Crippen LogP contribution in [0.25, 0.3) is 5.82 Å². The van der Waals surface area contributed by atoms with E-state index in [0.29, 0.717) is 37.2 Å². The van der Waals surface area contributed by atoms with Crippen molar-refractivity contribution < 1.29 is 14.3 Å². The van der Waals surface area contributed by atoms with Gasteiger partial charge in [0, 0.05) is 29.9 Å². The number of hydrogen-bond donors (Lipinski definition) is 3. The second kappa shape index (κ2) is 9.85. The lowest BCUT2D eigenvalue weighted by Crippen LogP contribution is -2.33. The smallest absolute Gasteiger partial charge is 0.223 e. The summed E-state index contributed by atoms with van der Waals surface area (Å²) in [6, 6.07) is 9.16. The third-order valence-electron chi connectivity index (χ3n) is 6.90. The van der Waals surface area contributed by atoms with Crippen LogP contribution in [0.2, 0.25) is 0 Å².